The van der Waals surface area contributed by atoms with E-state index in [2.05, 4.69) is 23.7 Å². The highest BCUT2D eigenvalue weighted by Gasteiger charge is 2.30. The summed E-state index contributed by atoms with van der Waals surface area (Å²) in [6, 6.07) is 4.37. The summed E-state index contributed by atoms with van der Waals surface area (Å²) in [5.41, 5.74) is 3.41. The maximum Gasteiger partial charge on any atom is 0.218 e. The quantitative estimate of drug-likeness (QED) is 0.225. The average molecular weight is 496 g/mol. The Labute approximate surface area is 212 Å². The van der Waals surface area contributed by atoms with Crippen molar-refractivity contribution in [3.05, 3.63) is 82.9 Å². The van der Waals surface area contributed by atoms with Crippen molar-refractivity contribution >= 4 is 11.5 Å². The van der Waals surface area contributed by atoms with E-state index in [9.17, 15) is 13.6 Å². The molecule has 0 saturated heterocycles. The van der Waals surface area contributed by atoms with Gasteiger partial charge in [-0.2, -0.15) is 9.49 Å². The number of ketones is 1. The number of aliphatic imine (C=N–C) groups is 1. The van der Waals surface area contributed by atoms with Gasteiger partial charge >= 0.3 is 0 Å². The van der Waals surface area contributed by atoms with E-state index in [1.807, 2.05) is 20.8 Å². The molecule has 5 nitrogen and oxygen atoms in total. The Morgan fingerprint density at radius 3 is 2.58 bits per heavy atom. The lowest BCUT2D eigenvalue weighted by Crippen LogP contribution is -2.30. The number of carbonyl (C=O) groups is 1. The molecule has 3 atom stereocenters. The third-order valence-electron chi connectivity index (χ3n) is 6.98. The lowest BCUT2D eigenvalue weighted by atomic mass is 9.82. The standard InChI is InChI=1S/C29H35F2N3O2/c1-7-17(4)19(6)24(14-32-27(18(5)8-2)25-15-33-34-29(25)31)23(9-3)28(35)21-12-20-13-22(30)10-11-26(20)36-16-21/h9-11,13-15,17-18,21H,6-8,12,16H2,1-5H3,(H,33,34)/b23-9+,24-14+,32-27?/t17?,18?,21-/m0/s1. The third kappa shape index (κ3) is 5.89. The lowest BCUT2D eigenvalue weighted by molar-refractivity contribution is -0.120. The van der Waals surface area contributed by atoms with Crippen LogP contribution in [0.4, 0.5) is 8.78 Å². The van der Waals surface area contributed by atoms with Gasteiger partial charge in [-0.05, 0) is 67.4 Å². The number of H-pyrrole nitrogens is 1. The van der Waals surface area contributed by atoms with Crippen LogP contribution in [0, 0.1) is 29.5 Å². The monoisotopic (exact) mass is 495 g/mol. The molecule has 2 heterocycles. The first kappa shape index (κ1) is 27.2. The predicted octanol–water partition coefficient (Wildman–Crippen LogP) is 6.78. The number of Topliss-reactive ketones (excluding diaryl/α,β-unsaturated/α-hetero) is 1. The minimum Gasteiger partial charge on any atom is -0.493 e. The van der Waals surface area contributed by atoms with Gasteiger partial charge in [-0.1, -0.05) is 40.3 Å². The molecule has 1 aliphatic heterocycles. The fourth-order valence-corrected chi connectivity index (χ4v) is 4.26. The first-order chi connectivity index (χ1) is 17.2. The van der Waals surface area contributed by atoms with Gasteiger partial charge < -0.3 is 4.74 Å². The molecule has 0 radical (unpaired) electrons. The van der Waals surface area contributed by atoms with E-state index in [1.165, 1.54) is 18.3 Å². The molecule has 0 aliphatic carbocycles. The molecule has 3 rings (SSSR count). The van der Waals surface area contributed by atoms with Crippen LogP contribution in [0.25, 0.3) is 0 Å². The summed E-state index contributed by atoms with van der Waals surface area (Å²) in [5, 5.41) is 6.13. The molecule has 2 aromatic rings. The van der Waals surface area contributed by atoms with Gasteiger partial charge in [-0.15, -0.1) is 0 Å². The van der Waals surface area contributed by atoms with Crippen molar-refractivity contribution in [2.24, 2.45) is 22.7 Å². The van der Waals surface area contributed by atoms with Gasteiger partial charge in [0.25, 0.3) is 0 Å². The molecule has 192 valence electrons. The highest BCUT2D eigenvalue weighted by atomic mass is 19.1. The number of hydrogen-bond acceptors (Lipinski definition) is 4. The van der Waals surface area contributed by atoms with E-state index in [1.54, 1.807) is 25.3 Å². The minimum absolute atomic E-state index is 0.0330. The van der Waals surface area contributed by atoms with E-state index < -0.39 is 11.9 Å². The predicted molar refractivity (Wildman–Crippen MR) is 139 cm³/mol. The van der Waals surface area contributed by atoms with Crippen molar-refractivity contribution in [2.75, 3.05) is 6.61 Å². The Kier molecular flexibility index (Phi) is 9.13. The molecular formula is C29H35F2N3O2. The molecular weight excluding hydrogens is 460 g/mol. The van der Waals surface area contributed by atoms with E-state index in [-0.39, 0.29) is 30.0 Å². The molecule has 1 aliphatic rings. The minimum atomic E-state index is -0.544. The van der Waals surface area contributed by atoms with E-state index in [0.717, 1.165) is 18.4 Å². The number of halogens is 2. The van der Waals surface area contributed by atoms with Crippen LogP contribution in [0.2, 0.25) is 0 Å². The molecule has 1 N–H and O–H groups in total. The van der Waals surface area contributed by atoms with Gasteiger partial charge in [-0.3, -0.25) is 14.9 Å². The number of carbonyl (C=O) groups excluding carboxylic acids is 1. The largest absolute Gasteiger partial charge is 0.493 e. The van der Waals surface area contributed by atoms with Crippen LogP contribution in [0.1, 0.15) is 58.6 Å². The molecule has 1 aromatic carbocycles. The number of fused-ring (bicyclic) bond motifs is 1. The zero-order valence-corrected chi connectivity index (χ0v) is 21.7. The number of rotatable bonds is 10. The maximum absolute atomic E-state index is 14.4. The molecule has 0 saturated carbocycles. The highest BCUT2D eigenvalue weighted by molar-refractivity contribution is 6.04. The normalized spacial score (nSPS) is 18.3. The van der Waals surface area contributed by atoms with Crippen molar-refractivity contribution < 1.29 is 18.3 Å². The second-order valence-corrected chi connectivity index (χ2v) is 9.33. The van der Waals surface area contributed by atoms with Crippen molar-refractivity contribution in [3.8, 4) is 5.75 Å². The zero-order chi connectivity index (χ0) is 26.4. The molecule has 1 aromatic heterocycles. The van der Waals surface area contributed by atoms with Gasteiger partial charge in [0.15, 0.2) is 5.78 Å². The molecule has 7 heteroatoms. The summed E-state index contributed by atoms with van der Waals surface area (Å²) in [6.07, 6.45) is 6.79. The zero-order valence-electron chi connectivity index (χ0n) is 21.7. The van der Waals surface area contributed by atoms with E-state index in [0.29, 0.717) is 40.2 Å². The smallest absolute Gasteiger partial charge is 0.218 e. The SMILES string of the molecule is C=C(C(=C\N=C(c1cn[nH]c1F)C(C)CC)/C(=C\C)C(=O)[C@@H]1COc2ccc(F)cc2C1)C(C)CC. The Hall–Kier alpha value is -3.35. The van der Waals surface area contributed by atoms with Crippen LogP contribution in [0.5, 0.6) is 5.75 Å². The Morgan fingerprint density at radius 1 is 1.25 bits per heavy atom. The van der Waals surface area contributed by atoms with E-state index in [4.69, 9.17) is 9.73 Å². The summed E-state index contributed by atoms with van der Waals surface area (Å²) in [7, 11) is 0. The van der Waals surface area contributed by atoms with Gasteiger partial charge in [-0.25, -0.2) is 4.39 Å². The summed E-state index contributed by atoms with van der Waals surface area (Å²) in [6.45, 7) is 14.4. The fraction of sp³-hybridized carbons (Fsp3) is 0.414. The van der Waals surface area contributed by atoms with Gasteiger partial charge in [0, 0.05) is 17.3 Å². The van der Waals surface area contributed by atoms with Crippen LogP contribution in [-0.2, 0) is 11.2 Å². The highest BCUT2D eigenvalue weighted by Crippen LogP contribution is 2.33. The fourth-order valence-electron chi connectivity index (χ4n) is 4.26. The number of nitrogens with one attached hydrogen (secondary N) is 1. The summed E-state index contributed by atoms with van der Waals surface area (Å²) in [4.78, 5) is 18.5. The van der Waals surface area contributed by atoms with Crippen LogP contribution in [0.15, 0.2) is 65.0 Å². The van der Waals surface area contributed by atoms with Crippen molar-refractivity contribution in [3.63, 3.8) is 0 Å². The second-order valence-electron chi connectivity index (χ2n) is 9.33. The second kappa shape index (κ2) is 12.1. The molecule has 0 amide bonds. The third-order valence-corrected chi connectivity index (χ3v) is 6.98. The van der Waals surface area contributed by atoms with Crippen molar-refractivity contribution in [1.82, 2.24) is 10.2 Å². The number of hydrogen-bond donors (Lipinski definition) is 1. The first-order valence-electron chi connectivity index (χ1n) is 12.5. The Morgan fingerprint density at radius 2 is 1.97 bits per heavy atom. The van der Waals surface area contributed by atoms with Crippen molar-refractivity contribution in [2.45, 2.75) is 53.9 Å². The summed E-state index contributed by atoms with van der Waals surface area (Å²) < 4.78 is 34.0. The summed E-state index contributed by atoms with van der Waals surface area (Å²) >= 11 is 0. The van der Waals surface area contributed by atoms with E-state index >= 15 is 0 Å². The van der Waals surface area contributed by atoms with Crippen molar-refractivity contribution in [1.29, 1.82) is 0 Å². The Balaban J connectivity index is 2.03. The number of ether oxygens (including phenoxy) is 1. The van der Waals surface area contributed by atoms with Crippen LogP contribution >= 0.6 is 0 Å². The number of benzene rings is 1. The topological polar surface area (TPSA) is 67.3 Å². The molecule has 36 heavy (non-hydrogen) atoms. The number of nitrogens with zero attached hydrogens (tertiary/aromatic N) is 2. The molecule has 2 unspecified atom stereocenters. The molecule has 0 spiro atoms. The first-order valence-corrected chi connectivity index (χ1v) is 12.5. The number of allylic oxidation sites excluding steroid dienone is 4. The van der Waals surface area contributed by atoms with Gasteiger partial charge in [0.2, 0.25) is 5.95 Å². The molecule has 0 fully saturated rings. The van der Waals surface area contributed by atoms with Crippen LogP contribution < -0.4 is 4.74 Å². The van der Waals surface area contributed by atoms with Gasteiger partial charge in [0.1, 0.15) is 11.6 Å². The molecule has 0 bridgehead atoms. The van der Waals surface area contributed by atoms with Crippen LogP contribution in [-0.4, -0.2) is 28.3 Å². The lowest BCUT2D eigenvalue weighted by Gasteiger charge is -2.26. The van der Waals surface area contributed by atoms with Crippen LogP contribution in [0.3, 0.4) is 0 Å². The average Bonchev–Trinajstić information content (AvgIpc) is 3.31. The summed E-state index contributed by atoms with van der Waals surface area (Å²) in [5.74, 6) is -0.815. The van der Waals surface area contributed by atoms with Gasteiger partial charge in [0.05, 0.1) is 30.0 Å². The number of aromatic amines is 1. The number of aromatic nitrogens is 2. The Bertz CT molecular complexity index is 1210. The maximum atomic E-state index is 14.4.